The Bertz CT molecular complexity index is 737. The minimum absolute atomic E-state index is 0.0177. The molecule has 2 aliphatic rings. The highest BCUT2D eigenvalue weighted by Gasteiger charge is 2.34. The van der Waals surface area contributed by atoms with E-state index in [0.717, 1.165) is 29.8 Å². The van der Waals surface area contributed by atoms with Crippen LogP contribution in [0.2, 0.25) is 0 Å². The van der Waals surface area contributed by atoms with Gasteiger partial charge in [0.15, 0.2) is 0 Å². The minimum atomic E-state index is -0.0177. The number of imidazole rings is 1. The van der Waals surface area contributed by atoms with Crippen LogP contribution < -0.4 is 0 Å². The standard InChI is InChI=1S/C18H21N3O3/c22-14-3-1-2-13(8-14)15-9-21(10-16-17(15)20-11-19-16)18(23)12-4-6-24-7-5-12/h1-3,8,11-12,15,22H,4-7,9-10H2,(H,19,20). The van der Waals surface area contributed by atoms with Crippen molar-refractivity contribution < 1.29 is 14.6 Å². The molecule has 24 heavy (non-hydrogen) atoms. The first kappa shape index (κ1) is 15.2. The Kier molecular flexibility index (Phi) is 3.98. The molecule has 1 aromatic heterocycles. The number of nitrogens with zero attached hydrogens (tertiary/aromatic N) is 2. The summed E-state index contributed by atoms with van der Waals surface area (Å²) in [7, 11) is 0. The summed E-state index contributed by atoms with van der Waals surface area (Å²) >= 11 is 0. The summed E-state index contributed by atoms with van der Waals surface area (Å²) in [5, 5.41) is 9.80. The number of H-pyrrole nitrogens is 1. The molecule has 6 nitrogen and oxygen atoms in total. The van der Waals surface area contributed by atoms with E-state index in [1.807, 2.05) is 17.0 Å². The Balaban J connectivity index is 1.62. The lowest BCUT2D eigenvalue weighted by atomic mass is 9.89. The quantitative estimate of drug-likeness (QED) is 0.884. The highest BCUT2D eigenvalue weighted by atomic mass is 16.5. The normalized spacial score (nSPS) is 21.5. The van der Waals surface area contributed by atoms with Crippen LogP contribution in [0.4, 0.5) is 0 Å². The van der Waals surface area contributed by atoms with Gasteiger partial charge in [0.05, 0.1) is 24.3 Å². The number of benzene rings is 1. The van der Waals surface area contributed by atoms with E-state index in [2.05, 4.69) is 9.97 Å². The van der Waals surface area contributed by atoms with E-state index >= 15 is 0 Å². The second-order valence-electron chi connectivity index (χ2n) is 6.52. The van der Waals surface area contributed by atoms with Gasteiger partial charge in [0.1, 0.15) is 5.75 Å². The van der Waals surface area contributed by atoms with Crippen molar-refractivity contribution in [2.45, 2.75) is 25.3 Å². The van der Waals surface area contributed by atoms with Crippen LogP contribution in [0.15, 0.2) is 30.6 Å². The second-order valence-corrected chi connectivity index (χ2v) is 6.52. The van der Waals surface area contributed by atoms with Crippen LogP contribution in [0.25, 0.3) is 0 Å². The zero-order chi connectivity index (χ0) is 16.5. The highest BCUT2D eigenvalue weighted by molar-refractivity contribution is 5.79. The van der Waals surface area contributed by atoms with Crippen LogP contribution in [0.5, 0.6) is 5.75 Å². The summed E-state index contributed by atoms with van der Waals surface area (Å²) in [4.78, 5) is 22.5. The van der Waals surface area contributed by atoms with Crippen molar-refractivity contribution >= 4 is 5.91 Å². The van der Waals surface area contributed by atoms with Crippen LogP contribution in [-0.4, -0.2) is 45.6 Å². The summed E-state index contributed by atoms with van der Waals surface area (Å²) < 4.78 is 5.37. The minimum Gasteiger partial charge on any atom is -0.508 e. The van der Waals surface area contributed by atoms with Gasteiger partial charge in [-0.2, -0.15) is 0 Å². The van der Waals surface area contributed by atoms with Crippen LogP contribution in [0, 0.1) is 5.92 Å². The van der Waals surface area contributed by atoms with Crippen molar-refractivity contribution in [2.24, 2.45) is 5.92 Å². The van der Waals surface area contributed by atoms with Gasteiger partial charge in [-0.1, -0.05) is 12.1 Å². The molecule has 0 saturated carbocycles. The molecular formula is C18H21N3O3. The Morgan fingerprint density at radius 1 is 1.33 bits per heavy atom. The first-order chi connectivity index (χ1) is 11.7. The Hall–Kier alpha value is -2.34. The Morgan fingerprint density at radius 3 is 2.96 bits per heavy atom. The molecule has 4 rings (SSSR count). The number of aromatic nitrogens is 2. The molecule has 1 fully saturated rings. The molecule has 1 saturated heterocycles. The average Bonchev–Trinajstić information content (AvgIpc) is 3.09. The van der Waals surface area contributed by atoms with Gasteiger partial charge in [0.2, 0.25) is 5.91 Å². The summed E-state index contributed by atoms with van der Waals surface area (Å²) in [5.41, 5.74) is 2.93. The molecule has 6 heteroatoms. The molecule has 1 unspecified atom stereocenters. The number of amides is 1. The number of ether oxygens (including phenoxy) is 1. The Morgan fingerprint density at radius 2 is 2.17 bits per heavy atom. The molecule has 1 atom stereocenters. The van der Waals surface area contributed by atoms with E-state index in [1.165, 1.54) is 0 Å². The molecule has 3 heterocycles. The van der Waals surface area contributed by atoms with Crippen molar-refractivity contribution in [2.75, 3.05) is 19.8 Å². The fourth-order valence-electron chi connectivity index (χ4n) is 3.70. The summed E-state index contributed by atoms with van der Waals surface area (Å²) in [6, 6.07) is 7.22. The zero-order valence-electron chi connectivity index (χ0n) is 13.4. The van der Waals surface area contributed by atoms with Crippen molar-refractivity contribution in [3.05, 3.63) is 47.5 Å². The van der Waals surface area contributed by atoms with Gasteiger partial charge in [-0.05, 0) is 30.5 Å². The third-order valence-corrected chi connectivity index (χ3v) is 4.99. The summed E-state index contributed by atoms with van der Waals surface area (Å²) in [5.74, 6) is 0.463. The predicted molar refractivity (Wildman–Crippen MR) is 87.5 cm³/mol. The number of phenols is 1. The second kappa shape index (κ2) is 6.28. The molecule has 0 spiro atoms. The number of carbonyl (C=O) groups excluding carboxylic acids is 1. The van der Waals surface area contributed by atoms with Gasteiger partial charge < -0.3 is 19.7 Å². The van der Waals surface area contributed by atoms with Crippen molar-refractivity contribution in [1.29, 1.82) is 0 Å². The maximum absolute atomic E-state index is 12.9. The lowest BCUT2D eigenvalue weighted by Crippen LogP contribution is -2.43. The van der Waals surface area contributed by atoms with Gasteiger partial charge >= 0.3 is 0 Å². The SMILES string of the molecule is O=C(C1CCOCC1)N1Cc2[nH]cnc2C(c2cccc(O)c2)C1. The number of nitrogens with one attached hydrogen (secondary N) is 1. The Labute approximate surface area is 140 Å². The lowest BCUT2D eigenvalue weighted by molar-refractivity contribution is -0.139. The van der Waals surface area contributed by atoms with Gasteiger partial charge in [0, 0.05) is 31.6 Å². The number of carbonyl (C=O) groups is 1. The number of hydrogen-bond donors (Lipinski definition) is 2. The van der Waals surface area contributed by atoms with Crippen LogP contribution in [-0.2, 0) is 16.1 Å². The molecule has 0 radical (unpaired) electrons. The van der Waals surface area contributed by atoms with Gasteiger partial charge in [-0.3, -0.25) is 4.79 Å². The molecule has 0 bridgehead atoms. The number of phenolic OH excluding ortho intramolecular Hbond substituents is 1. The van der Waals surface area contributed by atoms with E-state index in [4.69, 9.17) is 4.74 Å². The third kappa shape index (κ3) is 2.78. The fraction of sp³-hybridized carbons (Fsp3) is 0.444. The van der Waals surface area contributed by atoms with Crippen LogP contribution in [0.3, 0.4) is 0 Å². The van der Waals surface area contributed by atoms with Gasteiger partial charge in [-0.25, -0.2) is 4.98 Å². The monoisotopic (exact) mass is 327 g/mol. The molecule has 0 aliphatic carbocycles. The van der Waals surface area contributed by atoms with Crippen LogP contribution in [0.1, 0.15) is 35.7 Å². The van der Waals surface area contributed by atoms with E-state index < -0.39 is 0 Å². The van der Waals surface area contributed by atoms with E-state index in [0.29, 0.717) is 26.3 Å². The fourth-order valence-corrected chi connectivity index (χ4v) is 3.70. The number of aromatic hydroxyl groups is 1. The predicted octanol–water partition coefficient (Wildman–Crippen LogP) is 2.02. The van der Waals surface area contributed by atoms with E-state index in [-0.39, 0.29) is 23.5 Å². The van der Waals surface area contributed by atoms with E-state index in [1.54, 1.807) is 18.5 Å². The highest BCUT2D eigenvalue weighted by Crippen LogP contribution is 2.34. The first-order valence-corrected chi connectivity index (χ1v) is 8.40. The largest absolute Gasteiger partial charge is 0.508 e. The van der Waals surface area contributed by atoms with Crippen molar-refractivity contribution in [3.8, 4) is 5.75 Å². The smallest absolute Gasteiger partial charge is 0.226 e. The molecule has 2 N–H and O–H groups in total. The molecule has 2 aromatic rings. The molecule has 1 aromatic carbocycles. The molecule has 2 aliphatic heterocycles. The molecule has 1 amide bonds. The number of aromatic amines is 1. The number of hydrogen-bond acceptors (Lipinski definition) is 4. The van der Waals surface area contributed by atoms with E-state index in [9.17, 15) is 9.90 Å². The summed E-state index contributed by atoms with van der Waals surface area (Å²) in [6.45, 7) is 2.49. The van der Waals surface area contributed by atoms with Gasteiger partial charge in [-0.15, -0.1) is 0 Å². The molecular weight excluding hydrogens is 306 g/mol. The number of fused-ring (bicyclic) bond motifs is 1. The topological polar surface area (TPSA) is 78.5 Å². The summed E-state index contributed by atoms with van der Waals surface area (Å²) in [6.07, 6.45) is 3.27. The van der Waals surface area contributed by atoms with Gasteiger partial charge in [0.25, 0.3) is 0 Å². The van der Waals surface area contributed by atoms with Crippen molar-refractivity contribution in [1.82, 2.24) is 14.9 Å². The zero-order valence-corrected chi connectivity index (χ0v) is 13.4. The number of rotatable bonds is 2. The molecule has 126 valence electrons. The van der Waals surface area contributed by atoms with Crippen molar-refractivity contribution in [3.63, 3.8) is 0 Å². The third-order valence-electron chi connectivity index (χ3n) is 4.99. The maximum atomic E-state index is 12.9. The lowest BCUT2D eigenvalue weighted by Gasteiger charge is -2.35. The average molecular weight is 327 g/mol. The maximum Gasteiger partial charge on any atom is 0.226 e. The first-order valence-electron chi connectivity index (χ1n) is 8.40. The van der Waals surface area contributed by atoms with Crippen LogP contribution >= 0.6 is 0 Å².